The van der Waals surface area contributed by atoms with Crippen LogP contribution in [0, 0.1) is 19.7 Å². The van der Waals surface area contributed by atoms with Crippen LogP contribution in [0.4, 0.5) is 4.39 Å². The van der Waals surface area contributed by atoms with Gasteiger partial charge in [-0.15, -0.1) is 0 Å². The summed E-state index contributed by atoms with van der Waals surface area (Å²) in [6.07, 6.45) is 0.307. The van der Waals surface area contributed by atoms with Gasteiger partial charge in [-0.2, -0.15) is 5.10 Å². The lowest BCUT2D eigenvalue weighted by Gasteiger charge is -2.12. The van der Waals surface area contributed by atoms with Gasteiger partial charge < -0.3 is 9.30 Å². The number of esters is 1. The summed E-state index contributed by atoms with van der Waals surface area (Å²) in [6.45, 7) is 3.08. The van der Waals surface area contributed by atoms with Gasteiger partial charge in [0.2, 0.25) is 11.7 Å². The van der Waals surface area contributed by atoms with Gasteiger partial charge in [-0.25, -0.2) is 14.6 Å². The fourth-order valence-electron chi connectivity index (χ4n) is 2.98. The summed E-state index contributed by atoms with van der Waals surface area (Å²) < 4.78 is 20.2. The molecule has 9 heteroatoms. The zero-order valence-electron chi connectivity index (χ0n) is 15.2. The summed E-state index contributed by atoms with van der Waals surface area (Å²) in [7, 11) is 0. The molecule has 0 saturated carbocycles. The second-order valence-electron chi connectivity index (χ2n) is 6.31. The van der Waals surface area contributed by atoms with E-state index in [9.17, 15) is 18.8 Å². The molecule has 1 aliphatic rings. The van der Waals surface area contributed by atoms with E-state index in [0.717, 1.165) is 5.69 Å². The van der Waals surface area contributed by atoms with Crippen molar-refractivity contribution >= 4 is 35.0 Å². The number of ether oxygens (including phenoxy) is 1. The number of nitrogens with zero attached hydrogens (tertiary/aromatic N) is 2. The van der Waals surface area contributed by atoms with Gasteiger partial charge >= 0.3 is 5.97 Å². The second kappa shape index (κ2) is 7.93. The number of hydrogen-bond acceptors (Lipinski definition) is 5. The Morgan fingerprint density at radius 3 is 2.68 bits per heavy atom. The Morgan fingerprint density at radius 1 is 1.29 bits per heavy atom. The second-order valence-corrected chi connectivity index (χ2v) is 6.72. The van der Waals surface area contributed by atoms with Crippen molar-refractivity contribution in [2.45, 2.75) is 26.7 Å². The predicted octanol–water partition coefficient (Wildman–Crippen LogP) is 2.88. The summed E-state index contributed by atoms with van der Waals surface area (Å²) in [4.78, 5) is 35.6. The van der Waals surface area contributed by atoms with Crippen molar-refractivity contribution in [3.63, 3.8) is 0 Å². The van der Waals surface area contributed by atoms with Crippen molar-refractivity contribution in [3.05, 3.63) is 52.1 Å². The molecule has 28 heavy (non-hydrogen) atoms. The molecule has 0 atom stereocenters. The highest BCUT2D eigenvalue weighted by Crippen LogP contribution is 2.25. The third kappa shape index (κ3) is 3.96. The van der Waals surface area contributed by atoms with Crippen LogP contribution >= 0.6 is 11.6 Å². The Labute approximate surface area is 165 Å². The summed E-state index contributed by atoms with van der Waals surface area (Å²) in [5.41, 5.74) is 4.62. The number of aryl methyl sites for hydroxylation is 1. The Balaban J connectivity index is 1.75. The first-order chi connectivity index (χ1) is 13.3. The maximum atomic E-state index is 13.4. The Bertz CT molecular complexity index is 1010. The zero-order chi connectivity index (χ0) is 20.4. The first kappa shape index (κ1) is 19.8. The zero-order valence-corrected chi connectivity index (χ0v) is 16.0. The van der Waals surface area contributed by atoms with Gasteiger partial charge in [0.1, 0.15) is 11.5 Å². The van der Waals surface area contributed by atoms with Crippen molar-refractivity contribution in [1.82, 2.24) is 9.99 Å². The monoisotopic (exact) mass is 405 g/mol. The van der Waals surface area contributed by atoms with Gasteiger partial charge in [-0.1, -0.05) is 11.6 Å². The normalized spacial score (nSPS) is 13.7. The van der Waals surface area contributed by atoms with Gasteiger partial charge in [0.25, 0.3) is 0 Å². The predicted molar refractivity (Wildman–Crippen MR) is 100 cm³/mol. The minimum absolute atomic E-state index is 0.0212. The van der Waals surface area contributed by atoms with Crippen LogP contribution in [0.15, 0.2) is 29.4 Å². The highest BCUT2D eigenvalue weighted by atomic mass is 35.5. The van der Waals surface area contributed by atoms with Gasteiger partial charge in [0.05, 0.1) is 5.02 Å². The molecule has 1 N–H and O–H groups in total. The third-order valence-corrected chi connectivity index (χ3v) is 4.66. The van der Waals surface area contributed by atoms with Gasteiger partial charge in [-0.05, 0) is 38.1 Å². The molecular weight excluding hydrogens is 389 g/mol. The minimum Gasteiger partial charge on any atom is -0.453 e. The van der Waals surface area contributed by atoms with E-state index in [2.05, 4.69) is 10.5 Å². The molecule has 1 aromatic heterocycles. The molecule has 146 valence electrons. The number of Topliss-reactive ketones (excluding diaryl/α,β-unsaturated/α-hetero) is 1. The number of hydrogen-bond donors (Lipinski definition) is 1. The molecular formula is C19H17ClFN3O4. The SMILES string of the molecule is Cc1cc(C(=O)COC(=O)C2=NNC(=O)CC2)c(C)n1-c1ccc(F)c(Cl)c1. The number of halogens is 2. The molecule has 0 aliphatic carbocycles. The molecule has 3 rings (SSSR count). The quantitative estimate of drug-likeness (QED) is 0.611. The van der Waals surface area contributed by atoms with Crippen LogP contribution in [-0.4, -0.2) is 34.5 Å². The maximum absolute atomic E-state index is 13.4. The van der Waals surface area contributed by atoms with Crippen LogP contribution < -0.4 is 5.43 Å². The summed E-state index contributed by atoms with van der Waals surface area (Å²) in [5, 5.41) is 3.61. The molecule has 1 amide bonds. The van der Waals surface area contributed by atoms with Crippen molar-refractivity contribution in [1.29, 1.82) is 0 Å². The van der Waals surface area contributed by atoms with Gasteiger partial charge in [0.15, 0.2) is 6.61 Å². The van der Waals surface area contributed by atoms with E-state index in [1.54, 1.807) is 30.5 Å². The van der Waals surface area contributed by atoms with E-state index < -0.39 is 18.4 Å². The Morgan fingerprint density at radius 2 is 2.04 bits per heavy atom. The number of benzene rings is 1. The number of hydrazone groups is 1. The third-order valence-electron chi connectivity index (χ3n) is 4.37. The van der Waals surface area contributed by atoms with Crippen molar-refractivity contribution in [2.75, 3.05) is 6.61 Å². The molecule has 0 fully saturated rings. The average Bonchev–Trinajstić information content (AvgIpc) is 2.97. The number of aromatic nitrogens is 1. The highest BCUT2D eigenvalue weighted by Gasteiger charge is 2.22. The number of nitrogens with one attached hydrogen (secondary N) is 1. The first-order valence-electron chi connectivity index (χ1n) is 8.48. The lowest BCUT2D eigenvalue weighted by molar-refractivity contribution is -0.134. The first-order valence-corrected chi connectivity index (χ1v) is 8.86. The molecule has 0 spiro atoms. The largest absolute Gasteiger partial charge is 0.453 e. The maximum Gasteiger partial charge on any atom is 0.354 e. The van der Waals surface area contributed by atoms with E-state index >= 15 is 0 Å². The Kier molecular flexibility index (Phi) is 5.60. The lowest BCUT2D eigenvalue weighted by Crippen LogP contribution is -2.31. The summed E-state index contributed by atoms with van der Waals surface area (Å²) in [5.74, 6) is -1.94. The van der Waals surface area contributed by atoms with Crippen LogP contribution in [0.1, 0.15) is 34.6 Å². The van der Waals surface area contributed by atoms with E-state index in [1.165, 1.54) is 12.1 Å². The number of carbonyl (C=O) groups is 3. The minimum atomic E-state index is -0.743. The molecule has 1 aliphatic heterocycles. The molecule has 0 radical (unpaired) electrons. The molecule has 1 aromatic carbocycles. The van der Waals surface area contributed by atoms with Crippen LogP contribution in [0.25, 0.3) is 5.69 Å². The van der Waals surface area contributed by atoms with Crippen LogP contribution in [0.2, 0.25) is 5.02 Å². The number of rotatable bonds is 5. The fourth-order valence-corrected chi connectivity index (χ4v) is 3.15. The lowest BCUT2D eigenvalue weighted by atomic mass is 10.1. The summed E-state index contributed by atoms with van der Waals surface area (Å²) >= 11 is 5.86. The Hall–Kier alpha value is -3.00. The van der Waals surface area contributed by atoms with Crippen molar-refractivity contribution < 1.29 is 23.5 Å². The van der Waals surface area contributed by atoms with Crippen molar-refractivity contribution in [3.8, 4) is 5.69 Å². The molecule has 7 nitrogen and oxygen atoms in total. The smallest absolute Gasteiger partial charge is 0.354 e. The standard InChI is InChI=1S/C19H17ClFN3O4/c1-10-7-13(11(2)24(10)12-3-4-15(21)14(20)8-12)17(25)9-28-19(27)16-5-6-18(26)23-22-16/h3-4,7-8H,5-6,9H2,1-2H3,(H,23,26). The molecule has 0 unspecified atom stereocenters. The fraction of sp³-hybridized carbons (Fsp3) is 0.263. The van der Waals surface area contributed by atoms with Crippen LogP contribution in [-0.2, 0) is 14.3 Å². The van der Waals surface area contributed by atoms with Gasteiger partial charge in [0, 0.05) is 35.5 Å². The van der Waals surface area contributed by atoms with Crippen LogP contribution in [0.5, 0.6) is 0 Å². The average molecular weight is 406 g/mol. The van der Waals surface area contributed by atoms with Gasteiger partial charge in [-0.3, -0.25) is 9.59 Å². The number of amides is 1. The van der Waals surface area contributed by atoms with E-state index in [4.69, 9.17) is 16.3 Å². The van der Waals surface area contributed by atoms with Crippen molar-refractivity contribution in [2.24, 2.45) is 5.10 Å². The molecule has 2 heterocycles. The molecule has 0 bridgehead atoms. The van der Waals surface area contributed by atoms with E-state index in [0.29, 0.717) is 16.9 Å². The van der Waals surface area contributed by atoms with E-state index in [-0.39, 0.29) is 35.3 Å². The number of carbonyl (C=O) groups excluding carboxylic acids is 3. The number of ketones is 1. The molecule has 0 saturated heterocycles. The molecule has 2 aromatic rings. The van der Waals surface area contributed by atoms with E-state index in [1.807, 2.05) is 0 Å². The highest BCUT2D eigenvalue weighted by molar-refractivity contribution is 6.37. The topological polar surface area (TPSA) is 89.8 Å². The van der Waals surface area contributed by atoms with Crippen LogP contribution in [0.3, 0.4) is 0 Å². The summed E-state index contributed by atoms with van der Waals surface area (Å²) in [6, 6.07) is 5.95.